The smallest absolute Gasteiger partial charge is 0.0591 e. The quantitative estimate of drug-likeness (QED) is 0.530. The second-order valence-electron chi connectivity index (χ2n) is 11.7. The van der Waals surface area contributed by atoms with Gasteiger partial charge in [-0.15, -0.1) is 0 Å². The van der Waals surface area contributed by atoms with Crippen LogP contribution in [0.5, 0.6) is 0 Å². The molecule has 0 saturated heterocycles. The first kappa shape index (κ1) is 21.4. The average molecular weight is 399 g/mol. The lowest BCUT2D eigenvalue weighted by Crippen LogP contribution is -2.45. The van der Waals surface area contributed by atoms with Crippen molar-refractivity contribution in [1.82, 2.24) is 0 Å². The van der Waals surface area contributed by atoms with Crippen molar-refractivity contribution in [2.75, 3.05) is 0 Å². The van der Waals surface area contributed by atoms with Crippen molar-refractivity contribution in [3.05, 3.63) is 34.9 Å². The Kier molecular flexibility index (Phi) is 5.44. The number of hydrogen-bond acceptors (Lipinski definition) is 2. The minimum Gasteiger partial charge on any atom is -0.393 e. The fraction of sp³-hybridized carbons (Fsp3) is 0.778. The molecule has 2 N–H and O–H groups in total. The summed E-state index contributed by atoms with van der Waals surface area (Å²) in [5.74, 6) is 1.94. The van der Waals surface area contributed by atoms with Crippen molar-refractivity contribution in [3.63, 3.8) is 0 Å². The van der Waals surface area contributed by atoms with Crippen molar-refractivity contribution in [3.8, 4) is 0 Å². The molecule has 2 nitrogen and oxygen atoms in total. The number of aliphatic hydroxyl groups is 2. The van der Waals surface area contributed by atoms with E-state index in [0.717, 1.165) is 32.1 Å². The summed E-state index contributed by atoms with van der Waals surface area (Å²) in [7, 11) is 0. The van der Waals surface area contributed by atoms with Gasteiger partial charge in [0.05, 0.1) is 11.7 Å². The molecule has 162 valence electrons. The maximum atomic E-state index is 10.2. The van der Waals surface area contributed by atoms with Crippen LogP contribution < -0.4 is 0 Å². The topological polar surface area (TPSA) is 40.5 Å². The predicted octanol–water partition coefficient (Wildman–Crippen LogP) is 6.34. The molecule has 4 aliphatic rings. The Bertz CT molecular complexity index is 736. The summed E-state index contributed by atoms with van der Waals surface area (Å²) in [6.07, 6.45) is 17.2. The van der Waals surface area contributed by atoms with Crippen LogP contribution in [-0.2, 0) is 0 Å². The van der Waals surface area contributed by atoms with Crippen LogP contribution in [0.15, 0.2) is 34.9 Å². The van der Waals surface area contributed by atoms with Gasteiger partial charge < -0.3 is 10.2 Å². The molecule has 29 heavy (non-hydrogen) atoms. The monoisotopic (exact) mass is 398 g/mol. The van der Waals surface area contributed by atoms with Crippen LogP contribution in [0, 0.1) is 28.6 Å². The molecule has 0 aromatic heterocycles. The summed E-state index contributed by atoms with van der Waals surface area (Å²) < 4.78 is 0. The van der Waals surface area contributed by atoms with Gasteiger partial charge in [0, 0.05) is 0 Å². The normalized spacial score (nSPS) is 40.2. The lowest BCUT2D eigenvalue weighted by molar-refractivity contribution is 0.0600. The summed E-state index contributed by atoms with van der Waals surface area (Å²) >= 11 is 0. The SMILES string of the molecule is C[C@H](CCCC(C)(C)O)C1=CCC2C3=CC=C4CC(O)CCC4(C)C3CCC12C. The number of allylic oxidation sites excluding steroid dienone is 5. The number of hydrogen-bond donors (Lipinski definition) is 2. The third-order valence-corrected chi connectivity index (χ3v) is 9.15. The molecule has 2 saturated carbocycles. The maximum absolute atomic E-state index is 10.2. The molecule has 5 unspecified atom stereocenters. The largest absolute Gasteiger partial charge is 0.393 e. The zero-order valence-electron chi connectivity index (χ0n) is 19.3. The lowest BCUT2D eigenvalue weighted by Gasteiger charge is -2.54. The van der Waals surface area contributed by atoms with E-state index in [1.54, 1.807) is 11.1 Å². The highest BCUT2D eigenvalue weighted by atomic mass is 16.3. The Morgan fingerprint density at radius 1 is 1.10 bits per heavy atom. The van der Waals surface area contributed by atoms with Gasteiger partial charge in [0.25, 0.3) is 0 Å². The maximum Gasteiger partial charge on any atom is 0.0591 e. The van der Waals surface area contributed by atoms with E-state index in [1.807, 2.05) is 13.8 Å². The van der Waals surface area contributed by atoms with Gasteiger partial charge in [0.15, 0.2) is 0 Å². The molecule has 2 fully saturated rings. The lowest BCUT2D eigenvalue weighted by atomic mass is 9.50. The summed E-state index contributed by atoms with van der Waals surface area (Å²) in [6.45, 7) is 11.3. The molecular weight excluding hydrogens is 356 g/mol. The minimum atomic E-state index is -0.547. The molecule has 0 bridgehead atoms. The van der Waals surface area contributed by atoms with E-state index in [2.05, 4.69) is 39.0 Å². The van der Waals surface area contributed by atoms with Crippen molar-refractivity contribution in [2.45, 2.75) is 104 Å². The van der Waals surface area contributed by atoms with E-state index in [0.29, 0.717) is 23.2 Å². The molecule has 0 spiro atoms. The number of rotatable bonds is 5. The Labute approximate surface area is 178 Å². The van der Waals surface area contributed by atoms with Gasteiger partial charge in [-0.25, -0.2) is 0 Å². The van der Waals surface area contributed by atoms with Crippen LogP contribution in [0.1, 0.15) is 92.4 Å². The van der Waals surface area contributed by atoms with Crippen LogP contribution in [0.25, 0.3) is 0 Å². The minimum absolute atomic E-state index is 0.136. The predicted molar refractivity (Wildman–Crippen MR) is 120 cm³/mol. The first-order valence-corrected chi connectivity index (χ1v) is 12.1. The molecule has 4 rings (SSSR count). The van der Waals surface area contributed by atoms with Crippen molar-refractivity contribution in [1.29, 1.82) is 0 Å². The van der Waals surface area contributed by atoms with Crippen molar-refractivity contribution < 1.29 is 10.2 Å². The van der Waals surface area contributed by atoms with Crippen molar-refractivity contribution >= 4 is 0 Å². The third-order valence-electron chi connectivity index (χ3n) is 9.15. The van der Waals surface area contributed by atoms with E-state index < -0.39 is 5.60 Å². The first-order valence-electron chi connectivity index (χ1n) is 12.1. The van der Waals surface area contributed by atoms with E-state index in [1.165, 1.54) is 31.3 Å². The fourth-order valence-corrected chi connectivity index (χ4v) is 7.36. The van der Waals surface area contributed by atoms with Crippen LogP contribution in [0.4, 0.5) is 0 Å². The molecule has 0 aromatic carbocycles. The van der Waals surface area contributed by atoms with Gasteiger partial charge in [-0.1, -0.05) is 62.1 Å². The highest BCUT2D eigenvalue weighted by Crippen LogP contribution is 2.64. The molecule has 0 aliphatic heterocycles. The standard InChI is InChI=1S/C27H42O2/c1-18(7-6-14-25(2,3)29)22-10-11-23-21-9-8-19-17-20(28)12-15-26(19,4)24(21)13-16-27(22,23)5/h8-10,18,20,23-24,28-29H,6-7,11-17H2,1-5H3/t18-,20?,23?,24?,26?,27?/m1/s1. The molecule has 0 radical (unpaired) electrons. The Hall–Kier alpha value is -0.860. The van der Waals surface area contributed by atoms with Gasteiger partial charge >= 0.3 is 0 Å². The highest BCUT2D eigenvalue weighted by Gasteiger charge is 2.54. The van der Waals surface area contributed by atoms with Crippen LogP contribution in [0.2, 0.25) is 0 Å². The zero-order valence-corrected chi connectivity index (χ0v) is 19.3. The van der Waals surface area contributed by atoms with Crippen LogP contribution in [0.3, 0.4) is 0 Å². The fourth-order valence-electron chi connectivity index (χ4n) is 7.36. The number of aliphatic hydroxyl groups excluding tert-OH is 1. The second-order valence-corrected chi connectivity index (χ2v) is 11.7. The summed E-state index contributed by atoms with van der Waals surface area (Å²) in [6, 6.07) is 0. The van der Waals surface area contributed by atoms with Gasteiger partial charge in [0.1, 0.15) is 0 Å². The Morgan fingerprint density at radius 2 is 1.83 bits per heavy atom. The zero-order chi connectivity index (χ0) is 21.0. The number of fused-ring (bicyclic) bond motifs is 5. The van der Waals surface area contributed by atoms with Gasteiger partial charge in [-0.05, 0) is 93.8 Å². The van der Waals surface area contributed by atoms with Crippen molar-refractivity contribution in [2.24, 2.45) is 28.6 Å². The van der Waals surface area contributed by atoms with E-state index >= 15 is 0 Å². The molecule has 0 heterocycles. The summed E-state index contributed by atoms with van der Waals surface area (Å²) in [4.78, 5) is 0. The van der Waals surface area contributed by atoms with Gasteiger partial charge in [-0.3, -0.25) is 0 Å². The van der Waals surface area contributed by atoms with E-state index in [4.69, 9.17) is 0 Å². The molecule has 6 atom stereocenters. The molecule has 0 aromatic rings. The summed E-state index contributed by atoms with van der Waals surface area (Å²) in [5, 5.41) is 20.2. The molecule has 0 amide bonds. The van der Waals surface area contributed by atoms with Crippen LogP contribution >= 0.6 is 0 Å². The van der Waals surface area contributed by atoms with Crippen LogP contribution in [-0.4, -0.2) is 21.9 Å². The van der Waals surface area contributed by atoms with Gasteiger partial charge in [0.2, 0.25) is 0 Å². The Morgan fingerprint density at radius 3 is 2.55 bits per heavy atom. The Balaban J connectivity index is 1.52. The summed E-state index contributed by atoms with van der Waals surface area (Å²) in [5.41, 5.74) is 4.93. The van der Waals surface area contributed by atoms with E-state index in [-0.39, 0.29) is 11.5 Å². The third kappa shape index (κ3) is 3.69. The van der Waals surface area contributed by atoms with Gasteiger partial charge in [-0.2, -0.15) is 0 Å². The molecule has 2 heteroatoms. The second kappa shape index (κ2) is 7.38. The van der Waals surface area contributed by atoms with E-state index in [9.17, 15) is 10.2 Å². The average Bonchev–Trinajstić information content (AvgIpc) is 2.98. The molecular formula is C27H42O2. The molecule has 4 aliphatic carbocycles. The first-order chi connectivity index (χ1) is 13.5. The highest BCUT2D eigenvalue weighted by molar-refractivity contribution is 5.42.